The van der Waals surface area contributed by atoms with Crippen LogP contribution in [0, 0.1) is 19.7 Å². The van der Waals surface area contributed by atoms with E-state index >= 15 is 0 Å². The highest BCUT2D eigenvalue weighted by Gasteiger charge is 2.16. The molecule has 1 amide bonds. The molecule has 1 heterocycles. The van der Waals surface area contributed by atoms with Gasteiger partial charge in [-0.2, -0.15) is 0 Å². The maximum absolute atomic E-state index is 13.2. The van der Waals surface area contributed by atoms with E-state index in [1.54, 1.807) is 26.0 Å². The van der Waals surface area contributed by atoms with Crippen LogP contribution in [0.5, 0.6) is 0 Å². The fourth-order valence-electron chi connectivity index (χ4n) is 2.71. The number of anilines is 2. The number of carbonyl (C=O) groups excluding carboxylic acids is 1. The molecule has 0 atom stereocenters. The zero-order valence-electron chi connectivity index (χ0n) is 15.8. The molecular formula is C20H19FN4O3S. The smallest absolute Gasteiger partial charge is 0.264 e. The summed E-state index contributed by atoms with van der Waals surface area (Å²) in [6.07, 6.45) is 0.00339. The van der Waals surface area contributed by atoms with E-state index in [1.807, 2.05) is 0 Å². The Morgan fingerprint density at radius 2 is 1.66 bits per heavy atom. The Morgan fingerprint density at radius 3 is 2.28 bits per heavy atom. The molecule has 0 aliphatic carbocycles. The van der Waals surface area contributed by atoms with Gasteiger partial charge in [0.1, 0.15) is 5.82 Å². The third-order valence-electron chi connectivity index (χ3n) is 3.91. The van der Waals surface area contributed by atoms with Gasteiger partial charge in [0.25, 0.3) is 10.0 Å². The summed E-state index contributed by atoms with van der Waals surface area (Å²) >= 11 is 0. The van der Waals surface area contributed by atoms with Crippen LogP contribution in [0.2, 0.25) is 0 Å². The maximum atomic E-state index is 13.2. The Bertz CT molecular complexity index is 1130. The summed E-state index contributed by atoms with van der Waals surface area (Å²) < 4.78 is 40.6. The number of rotatable bonds is 6. The first-order valence-corrected chi connectivity index (χ1v) is 10.2. The van der Waals surface area contributed by atoms with E-state index in [9.17, 15) is 17.6 Å². The molecule has 0 aliphatic rings. The van der Waals surface area contributed by atoms with Crippen LogP contribution in [0.3, 0.4) is 0 Å². The van der Waals surface area contributed by atoms with Crippen molar-refractivity contribution in [2.24, 2.45) is 0 Å². The Labute approximate surface area is 168 Å². The Morgan fingerprint density at radius 1 is 1.00 bits per heavy atom. The minimum absolute atomic E-state index is 0.00314. The summed E-state index contributed by atoms with van der Waals surface area (Å²) in [6.45, 7) is 3.49. The number of aromatic nitrogens is 2. The summed E-state index contributed by atoms with van der Waals surface area (Å²) in [4.78, 5) is 20.2. The van der Waals surface area contributed by atoms with Crippen LogP contribution < -0.4 is 10.0 Å². The number of carbonyl (C=O) groups is 1. The van der Waals surface area contributed by atoms with E-state index < -0.39 is 15.8 Å². The lowest BCUT2D eigenvalue weighted by atomic mass is 10.1. The highest BCUT2D eigenvalue weighted by Crippen LogP contribution is 2.17. The van der Waals surface area contributed by atoms with Gasteiger partial charge < -0.3 is 5.32 Å². The van der Waals surface area contributed by atoms with Crippen LogP contribution in [0.25, 0.3) is 0 Å². The number of benzene rings is 2. The lowest BCUT2D eigenvalue weighted by molar-refractivity contribution is -0.115. The number of amides is 1. The zero-order chi connectivity index (χ0) is 21.0. The molecule has 0 bridgehead atoms. The first kappa shape index (κ1) is 20.4. The standard InChI is InChI=1S/C20H19FN4O3S/c1-13-10-14(2)23-20(22-13)25-29(27,28)18-8-6-17(7-9-18)24-19(26)12-15-4-3-5-16(21)11-15/h3-11H,12H2,1-2H3,(H,24,26)(H,22,23,25). The molecule has 1 aromatic heterocycles. The summed E-state index contributed by atoms with van der Waals surface area (Å²) in [5.41, 5.74) is 2.26. The van der Waals surface area contributed by atoms with Crippen molar-refractivity contribution in [3.05, 3.63) is 77.4 Å². The molecule has 0 radical (unpaired) electrons. The van der Waals surface area contributed by atoms with Crippen LogP contribution in [0.1, 0.15) is 17.0 Å². The third-order valence-corrected chi connectivity index (χ3v) is 5.25. The van der Waals surface area contributed by atoms with Gasteiger partial charge >= 0.3 is 0 Å². The average molecular weight is 414 g/mol. The van der Waals surface area contributed by atoms with Gasteiger partial charge in [-0.15, -0.1) is 0 Å². The van der Waals surface area contributed by atoms with Gasteiger partial charge in [0.05, 0.1) is 11.3 Å². The van der Waals surface area contributed by atoms with Gasteiger partial charge in [0.15, 0.2) is 0 Å². The van der Waals surface area contributed by atoms with Crippen LogP contribution in [-0.2, 0) is 21.2 Å². The molecule has 0 unspecified atom stereocenters. The van der Waals surface area contributed by atoms with Crippen LogP contribution in [-0.4, -0.2) is 24.3 Å². The normalized spacial score (nSPS) is 11.1. The number of nitrogens with one attached hydrogen (secondary N) is 2. The maximum Gasteiger partial charge on any atom is 0.264 e. The lowest BCUT2D eigenvalue weighted by Gasteiger charge is -2.09. The molecule has 0 aliphatic heterocycles. The topological polar surface area (TPSA) is 101 Å². The van der Waals surface area contributed by atoms with Gasteiger partial charge in [-0.25, -0.2) is 27.5 Å². The highest BCUT2D eigenvalue weighted by molar-refractivity contribution is 7.92. The molecule has 0 saturated carbocycles. The number of sulfonamides is 1. The average Bonchev–Trinajstić information content (AvgIpc) is 2.60. The number of hydrogen-bond donors (Lipinski definition) is 2. The second kappa shape index (κ2) is 8.36. The minimum Gasteiger partial charge on any atom is -0.326 e. The number of hydrogen-bond acceptors (Lipinski definition) is 5. The molecule has 3 rings (SSSR count). The SMILES string of the molecule is Cc1cc(C)nc(NS(=O)(=O)c2ccc(NC(=O)Cc3cccc(F)c3)cc2)n1. The first-order valence-electron chi connectivity index (χ1n) is 8.71. The zero-order valence-corrected chi connectivity index (χ0v) is 16.6. The van der Waals surface area contributed by atoms with Crippen molar-refractivity contribution in [1.82, 2.24) is 9.97 Å². The second-order valence-electron chi connectivity index (χ2n) is 6.46. The van der Waals surface area contributed by atoms with E-state index in [-0.39, 0.29) is 23.2 Å². The molecule has 0 spiro atoms. The predicted molar refractivity (Wildman–Crippen MR) is 107 cm³/mol. The largest absolute Gasteiger partial charge is 0.326 e. The van der Waals surface area contributed by atoms with E-state index in [0.29, 0.717) is 22.6 Å². The number of halogens is 1. The molecule has 150 valence electrons. The molecule has 29 heavy (non-hydrogen) atoms. The van der Waals surface area contributed by atoms with Crippen molar-refractivity contribution in [3.63, 3.8) is 0 Å². The number of nitrogens with zero attached hydrogens (tertiary/aromatic N) is 2. The molecule has 0 saturated heterocycles. The van der Waals surface area contributed by atoms with E-state index in [2.05, 4.69) is 20.0 Å². The van der Waals surface area contributed by atoms with Crippen LogP contribution in [0.15, 0.2) is 59.5 Å². The van der Waals surface area contributed by atoms with Crippen molar-refractivity contribution in [1.29, 1.82) is 0 Å². The molecule has 9 heteroatoms. The van der Waals surface area contributed by atoms with Crippen molar-refractivity contribution < 1.29 is 17.6 Å². The predicted octanol–water partition coefficient (Wildman–Crippen LogP) is 3.21. The molecular weight excluding hydrogens is 395 g/mol. The van der Waals surface area contributed by atoms with Gasteiger partial charge in [-0.3, -0.25) is 4.79 Å². The first-order chi connectivity index (χ1) is 13.7. The Hall–Kier alpha value is -3.33. The highest BCUT2D eigenvalue weighted by atomic mass is 32.2. The fourth-order valence-corrected chi connectivity index (χ4v) is 3.65. The summed E-state index contributed by atoms with van der Waals surface area (Å²) in [5, 5.41) is 2.65. The van der Waals surface area contributed by atoms with Gasteiger partial charge in [0, 0.05) is 17.1 Å². The van der Waals surface area contributed by atoms with Crippen molar-refractivity contribution in [2.45, 2.75) is 25.2 Å². The third kappa shape index (κ3) is 5.58. The molecule has 7 nitrogen and oxygen atoms in total. The summed E-state index contributed by atoms with van der Waals surface area (Å²) in [5.74, 6) is -0.756. The van der Waals surface area contributed by atoms with Crippen molar-refractivity contribution >= 4 is 27.6 Å². The van der Waals surface area contributed by atoms with E-state index in [1.165, 1.54) is 42.5 Å². The van der Waals surface area contributed by atoms with Crippen molar-refractivity contribution in [2.75, 3.05) is 10.0 Å². The van der Waals surface area contributed by atoms with Crippen LogP contribution in [0.4, 0.5) is 16.0 Å². The van der Waals surface area contributed by atoms with Crippen LogP contribution >= 0.6 is 0 Å². The van der Waals surface area contributed by atoms with E-state index in [4.69, 9.17) is 0 Å². The van der Waals surface area contributed by atoms with Crippen molar-refractivity contribution in [3.8, 4) is 0 Å². The molecule has 2 N–H and O–H groups in total. The van der Waals surface area contributed by atoms with Gasteiger partial charge in [-0.1, -0.05) is 12.1 Å². The molecule has 0 fully saturated rings. The van der Waals surface area contributed by atoms with E-state index in [0.717, 1.165) is 0 Å². The minimum atomic E-state index is -3.87. The Kier molecular flexibility index (Phi) is 5.88. The summed E-state index contributed by atoms with van der Waals surface area (Å²) in [7, 11) is -3.87. The lowest BCUT2D eigenvalue weighted by Crippen LogP contribution is -2.16. The Balaban J connectivity index is 1.67. The fraction of sp³-hybridized carbons (Fsp3) is 0.150. The monoisotopic (exact) mass is 414 g/mol. The quantitative estimate of drug-likeness (QED) is 0.645. The molecule has 3 aromatic rings. The second-order valence-corrected chi connectivity index (χ2v) is 8.14. The molecule has 2 aromatic carbocycles. The summed E-state index contributed by atoms with van der Waals surface area (Å²) in [6, 6.07) is 13.2. The van der Waals surface area contributed by atoms with Gasteiger partial charge in [0.2, 0.25) is 11.9 Å². The number of aryl methyl sites for hydroxylation is 2. The van der Waals surface area contributed by atoms with Gasteiger partial charge in [-0.05, 0) is 61.9 Å².